The van der Waals surface area contributed by atoms with E-state index < -0.39 is 0 Å². The maximum absolute atomic E-state index is 12.7. The van der Waals surface area contributed by atoms with Gasteiger partial charge in [-0.15, -0.1) is 0 Å². The highest BCUT2D eigenvalue weighted by Gasteiger charge is 2.20. The molecule has 0 amide bonds. The topological polar surface area (TPSA) is 43.4 Å². The van der Waals surface area contributed by atoms with Crippen molar-refractivity contribution in [3.8, 4) is 5.75 Å². The summed E-state index contributed by atoms with van der Waals surface area (Å²) in [6.07, 6.45) is 6.32. The molecule has 0 saturated carbocycles. The van der Waals surface area contributed by atoms with E-state index in [1.165, 1.54) is 16.7 Å². The van der Waals surface area contributed by atoms with Crippen LogP contribution in [0.3, 0.4) is 0 Å². The number of hydrogen-bond acceptors (Lipinski definition) is 3. The summed E-state index contributed by atoms with van der Waals surface area (Å²) in [7, 11) is 1.61. The smallest absolute Gasteiger partial charge is 0.137 e. The monoisotopic (exact) mass is 388 g/mol. The Morgan fingerprint density at radius 1 is 1.00 bits per heavy atom. The number of allylic oxidation sites excluding steroid dienone is 4. The Kier molecular flexibility index (Phi) is 6.82. The third-order valence-electron chi connectivity index (χ3n) is 5.48. The van der Waals surface area contributed by atoms with Crippen molar-refractivity contribution in [3.63, 3.8) is 0 Å². The van der Waals surface area contributed by atoms with E-state index in [-0.39, 0.29) is 11.6 Å². The van der Waals surface area contributed by atoms with Crippen LogP contribution in [-0.2, 0) is 22.4 Å². The minimum absolute atomic E-state index is 0.108. The fraction of sp³-hybridized carbons (Fsp3) is 0.308. The van der Waals surface area contributed by atoms with Crippen LogP contribution in [0.4, 0.5) is 0 Å². The van der Waals surface area contributed by atoms with Crippen LogP contribution in [-0.4, -0.2) is 18.7 Å². The van der Waals surface area contributed by atoms with Crippen molar-refractivity contribution < 1.29 is 14.3 Å². The lowest BCUT2D eigenvalue weighted by atomic mass is 9.89. The predicted molar refractivity (Wildman–Crippen MR) is 117 cm³/mol. The van der Waals surface area contributed by atoms with Crippen LogP contribution in [0.15, 0.2) is 66.3 Å². The molecule has 1 atom stereocenters. The van der Waals surface area contributed by atoms with Gasteiger partial charge in [0.2, 0.25) is 0 Å². The molecular formula is C26H28O3. The van der Waals surface area contributed by atoms with Gasteiger partial charge in [0.1, 0.15) is 17.3 Å². The zero-order chi connectivity index (χ0) is 20.8. The Hall–Kier alpha value is -2.94. The average molecular weight is 389 g/mol. The first kappa shape index (κ1) is 20.8. The summed E-state index contributed by atoms with van der Waals surface area (Å²) < 4.78 is 5.41. The fourth-order valence-corrected chi connectivity index (χ4v) is 3.91. The van der Waals surface area contributed by atoms with Crippen LogP contribution in [0.5, 0.6) is 5.75 Å². The first-order chi connectivity index (χ1) is 14.0. The molecule has 0 bridgehead atoms. The second-order valence-corrected chi connectivity index (χ2v) is 7.69. The molecule has 0 fully saturated rings. The molecule has 150 valence electrons. The molecule has 0 aromatic heterocycles. The third-order valence-corrected chi connectivity index (χ3v) is 5.48. The molecule has 0 spiro atoms. The van der Waals surface area contributed by atoms with Crippen molar-refractivity contribution >= 4 is 17.1 Å². The zero-order valence-corrected chi connectivity index (χ0v) is 17.4. The average Bonchev–Trinajstić information content (AvgIpc) is 3.07. The lowest BCUT2D eigenvalue weighted by Gasteiger charge is -2.15. The summed E-state index contributed by atoms with van der Waals surface area (Å²) in [5.74, 6) is 1.33. The van der Waals surface area contributed by atoms with E-state index in [0.717, 1.165) is 17.5 Å². The van der Waals surface area contributed by atoms with Crippen LogP contribution in [0.1, 0.15) is 43.4 Å². The minimum Gasteiger partial charge on any atom is -0.496 e. The number of carbonyl (C=O) groups is 2. The summed E-state index contributed by atoms with van der Waals surface area (Å²) in [6.45, 7) is 3.78. The summed E-state index contributed by atoms with van der Waals surface area (Å²) in [5.41, 5.74) is 5.63. The van der Waals surface area contributed by atoms with Gasteiger partial charge in [-0.25, -0.2) is 0 Å². The van der Waals surface area contributed by atoms with E-state index in [0.29, 0.717) is 30.9 Å². The molecule has 1 aliphatic carbocycles. The number of rotatable bonds is 9. The van der Waals surface area contributed by atoms with Gasteiger partial charge in [0.25, 0.3) is 0 Å². The minimum atomic E-state index is 0.108. The first-order valence-electron chi connectivity index (χ1n) is 10.1. The Bertz CT molecular complexity index is 951. The molecular weight excluding hydrogens is 360 g/mol. The van der Waals surface area contributed by atoms with Crippen molar-refractivity contribution in [2.75, 3.05) is 7.11 Å². The molecule has 0 aliphatic heterocycles. The number of methoxy groups -OCH3 is 1. The first-order valence-corrected chi connectivity index (χ1v) is 10.1. The molecule has 0 saturated heterocycles. The SMILES string of the molecule is COc1ccc(CC(C)=O)cc1CC(=O)CCC1=CC=C(c2ccccc2)C1C. The Morgan fingerprint density at radius 2 is 1.76 bits per heavy atom. The number of Topliss-reactive ketones (excluding diaryl/α,β-unsaturated/α-hetero) is 2. The van der Waals surface area contributed by atoms with E-state index in [4.69, 9.17) is 4.74 Å². The van der Waals surface area contributed by atoms with Gasteiger partial charge in [-0.3, -0.25) is 9.59 Å². The Morgan fingerprint density at radius 3 is 2.45 bits per heavy atom. The number of ether oxygens (including phenoxy) is 1. The number of ketones is 2. The van der Waals surface area contributed by atoms with E-state index in [1.807, 2.05) is 24.3 Å². The molecule has 29 heavy (non-hydrogen) atoms. The molecule has 3 heteroatoms. The van der Waals surface area contributed by atoms with E-state index in [1.54, 1.807) is 14.0 Å². The molecule has 1 aliphatic rings. The van der Waals surface area contributed by atoms with E-state index >= 15 is 0 Å². The summed E-state index contributed by atoms with van der Waals surface area (Å²) in [5, 5.41) is 0. The van der Waals surface area contributed by atoms with Gasteiger partial charge in [0, 0.05) is 30.7 Å². The predicted octanol–water partition coefficient (Wildman–Crippen LogP) is 5.38. The molecule has 2 aromatic rings. The number of carbonyl (C=O) groups excluding carboxylic acids is 2. The third kappa shape index (κ3) is 5.32. The van der Waals surface area contributed by atoms with Gasteiger partial charge in [-0.2, -0.15) is 0 Å². The van der Waals surface area contributed by atoms with Gasteiger partial charge in [0.15, 0.2) is 0 Å². The lowest BCUT2D eigenvalue weighted by molar-refractivity contribution is -0.118. The van der Waals surface area contributed by atoms with Gasteiger partial charge >= 0.3 is 0 Å². The molecule has 3 rings (SSSR count). The molecule has 0 N–H and O–H groups in total. The molecule has 0 radical (unpaired) electrons. The molecule has 2 aromatic carbocycles. The van der Waals surface area contributed by atoms with Gasteiger partial charge in [0.05, 0.1) is 7.11 Å². The van der Waals surface area contributed by atoms with Gasteiger partial charge in [-0.1, -0.05) is 67.1 Å². The quantitative estimate of drug-likeness (QED) is 0.579. The van der Waals surface area contributed by atoms with Crippen molar-refractivity contribution in [2.24, 2.45) is 5.92 Å². The highest BCUT2D eigenvalue weighted by atomic mass is 16.5. The van der Waals surface area contributed by atoms with Crippen LogP contribution in [0.2, 0.25) is 0 Å². The molecule has 1 unspecified atom stereocenters. The second-order valence-electron chi connectivity index (χ2n) is 7.69. The fourth-order valence-electron chi connectivity index (χ4n) is 3.91. The van der Waals surface area contributed by atoms with Crippen LogP contribution < -0.4 is 4.74 Å². The van der Waals surface area contributed by atoms with E-state index in [2.05, 4.69) is 43.3 Å². The lowest BCUT2D eigenvalue weighted by Crippen LogP contribution is -2.07. The highest BCUT2D eigenvalue weighted by Crippen LogP contribution is 2.36. The zero-order valence-electron chi connectivity index (χ0n) is 17.4. The van der Waals surface area contributed by atoms with Crippen LogP contribution >= 0.6 is 0 Å². The van der Waals surface area contributed by atoms with Crippen molar-refractivity contribution in [2.45, 2.75) is 39.5 Å². The second kappa shape index (κ2) is 9.51. The van der Waals surface area contributed by atoms with Gasteiger partial charge in [-0.05, 0) is 36.1 Å². The number of hydrogen-bond donors (Lipinski definition) is 0. The Labute approximate surface area is 173 Å². The Balaban J connectivity index is 1.59. The molecule has 3 nitrogen and oxygen atoms in total. The highest BCUT2D eigenvalue weighted by molar-refractivity contribution is 5.83. The molecule has 0 heterocycles. The normalized spacial score (nSPS) is 15.6. The maximum Gasteiger partial charge on any atom is 0.137 e. The summed E-state index contributed by atoms with van der Waals surface area (Å²) >= 11 is 0. The van der Waals surface area contributed by atoms with E-state index in [9.17, 15) is 9.59 Å². The van der Waals surface area contributed by atoms with Crippen molar-refractivity contribution in [1.29, 1.82) is 0 Å². The summed E-state index contributed by atoms with van der Waals surface area (Å²) in [4.78, 5) is 24.1. The van der Waals surface area contributed by atoms with Crippen LogP contribution in [0, 0.1) is 5.92 Å². The van der Waals surface area contributed by atoms with Gasteiger partial charge < -0.3 is 4.74 Å². The largest absolute Gasteiger partial charge is 0.496 e. The number of benzene rings is 2. The standard InChI is InChI=1S/C26H28O3/c1-18(27)15-20-9-14-26(29-3)23(16-20)17-24(28)12-10-21-11-13-25(19(21)2)22-7-5-4-6-8-22/h4-9,11,13-14,16,19H,10,12,15,17H2,1-3H3. The van der Waals surface area contributed by atoms with Crippen molar-refractivity contribution in [1.82, 2.24) is 0 Å². The van der Waals surface area contributed by atoms with Crippen LogP contribution in [0.25, 0.3) is 5.57 Å². The maximum atomic E-state index is 12.7. The summed E-state index contributed by atoms with van der Waals surface area (Å²) in [6, 6.07) is 16.0. The van der Waals surface area contributed by atoms with Crippen molar-refractivity contribution in [3.05, 3.63) is 82.9 Å².